The normalized spacial score (nSPS) is 16.5. The van der Waals surface area contributed by atoms with Gasteiger partial charge < -0.3 is 19.5 Å². The summed E-state index contributed by atoms with van der Waals surface area (Å²) < 4.78 is 11.9. The molecule has 4 aromatic rings. The summed E-state index contributed by atoms with van der Waals surface area (Å²) in [7, 11) is 0. The maximum atomic E-state index is 13.7. The molecule has 42 heavy (non-hydrogen) atoms. The molecule has 5 rings (SSSR count). The Morgan fingerprint density at radius 2 is 1.62 bits per heavy atom. The van der Waals surface area contributed by atoms with Crippen LogP contribution in [0.4, 0.5) is 0 Å². The van der Waals surface area contributed by atoms with E-state index in [0.29, 0.717) is 35.0 Å². The summed E-state index contributed by atoms with van der Waals surface area (Å²) in [5, 5.41) is 11.7. The molecule has 7 nitrogen and oxygen atoms in total. The van der Waals surface area contributed by atoms with E-state index in [4.69, 9.17) is 9.47 Å². The minimum atomic E-state index is -0.845. The van der Waals surface area contributed by atoms with Crippen molar-refractivity contribution in [3.8, 4) is 17.2 Å². The number of carbonyl (C=O) groups is 2. The third kappa shape index (κ3) is 5.91. The molecule has 1 aromatic heterocycles. The molecule has 1 amide bonds. The van der Waals surface area contributed by atoms with Crippen molar-refractivity contribution in [2.75, 3.05) is 6.61 Å². The van der Waals surface area contributed by atoms with E-state index < -0.39 is 17.7 Å². The first-order valence-corrected chi connectivity index (χ1v) is 13.9. The number of Topliss-reactive ketones (excluding diaryl/α,β-unsaturated/α-hetero) is 1. The lowest BCUT2D eigenvalue weighted by Gasteiger charge is -2.26. The van der Waals surface area contributed by atoms with E-state index in [-0.39, 0.29) is 23.3 Å². The van der Waals surface area contributed by atoms with Gasteiger partial charge in [-0.05, 0) is 78.1 Å². The minimum Gasteiger partial charge on any atom is -0.507 e. The standard InChI is InChI=1S/C35H34N2O5/c1-5-41-29-15-14-25(21-28(29)35(2,3)4)32(38)30-31(37(34(40)33(30)39)22-23-16-18-36-19-17-23)24-10-9-13-27(20-24)42-26-11-7-6-8-12-26/h6-21,31,38H,5,22H2,1-4H3/b32-30+. The van der Waals surface area contributed by atoms with E-state index in [1.165, 1.54) is 4.90 Å². The van der Waals surface area contributed by atoms with Gasteiger partial charge >= 0.3 is 0 Å². The number of hydrogen-bond acceptors (Lipinski definition) is 6. The Balaban J connectivity index is 1.64. The molecule has 0 saturated carbocycles. The van der Waals surface area contributed by atoms with Crippen molar-refractivity contribution in [2.24, 2.45) is 0 Å². The van der Waals surface area contributed by atoms with E-state index in [9.17, 15) is 14.7 Å². The summed E-state index contributed by atoms with van der Waals surface area (Å²) in [4.78, 5) is 32.8. The Morgan fingerprint density at radius 1 is 0.905 bits per heavy atom. The highest BCUT2D eigenvalue weighted by Gasteiger charge is 2.46. The molecule has 1 unspecified atom stereocenters. The Hall–Kier alpha value is -4.91. The van der Waals surface area contributed by atoms with Crippen LogP contribution >= 0.6 is 0 Å². The molecule has 0 aliphatic carbocycles. The number of nitrogens with zero attached hydrogens (tertiary/aromatic N) is 2. The van der Waals surface area contributed by atoms with Crippen LogP contribution in [0.25, 0.3) is 5.76 Å². The molecule has 0 spiro atoms. The SMILES string of the molecule is CCOc1ccc(/C(O)=C2\C(=O)C(=O)N(Cc3ccncc3)C2c2cccc(Oc3ccccc3)c2)cc1C(C)(C)C. The first-order chi connectivity index (χ1) is 20.2. The predicted molar refractivity (Wildman–Crippen MR) is 161 cm³/mol. The van der Waals surface area contributed by atoms with Crippen LogP contribution in [0.1, 0.15) is 56.0 Å². The molecular weight excluding hydrogens is 528 g/mol. The van der Waals surface area contributed by atoms with Gasteiger partial charge in [0.15, 0.2) is 0 Å². The number of aliphatic hydroxyl groups excluding tert-OH is 1. The molecule has 0 radical (unpaired) electrons. The molecule has 214 valence electrons. The number of aliphatic hydroxyl groups is 1. The van der Waals surface area contributed by atoms with Gasteiger partial charge in [-0.3, -0.25) is 14.6 Å². The van der Waals surface area contributed by atoms with Gasteiger partial charge in [-0.25, -0.2) is 0 Å². The molecule has 3 aromatic carbocycles. The summed E-state index contributed by atoms with van der Waals surface area (Å²) in [5.41, 5.74) is 2.50. The molecule has 2 heterocycles. The fourth-order valence-corrected chi connectivity index (χ4v) is 5.15. The average Bonchev–Trinajstić information content (AvgIpc) is 3.23. The van der Waals surface area contributed by atoms with Crippen molar-refractivity contribution in [1.82, 2.24) is 9.88 Å². The second kappa shape index (κ2) is 11.9. The summed E-state index contributed by atoms with van der Waals surface area (Å²) in [6.07, 6.45) is 3.28. The Morgan fingerprint density at radius 3 is 2.31 bits per heavy atom. The third-order valence-corrected chi connectivity index (χ3v) is 7.16. The van der Waals surface area contributed by atoms with Gasteiger partial charge in [-0.1, -0.05) is 51.1 Å². The van der Waals surface area contributed by atoms with Gasteiger partial charge in [0, 0.05) is 30.1 Å². The molecule has 1 N–H and O–H groups in total. The zero-order chi connectivity index (χ0) is 29.9. The molecule has 0 bridgehead atoms. The van der Waals surface area contributed by atoms with Gasteiger partial charge in [-0.15, -0.1) is 0 Å². The van der Waals surface area contributed by atoms with Crippen molar-refractivity contribution in [3.05, 3.63) is 125 Å². The van der Waals surface area contributed by atoms with Gasteiger partial charge in [-0.2, -0.15) is 0 Å². The number of hydrogen-bond donors (Lipinski definition) is 1. The highest BCUT2D eigenvalue weighted by molar-refractivity contribution is 6.46. The number of para-hydroxylation sites is 1. The molecule has 1 atom stereocenters. The van der Waals surface area contributed by atoms with E-state index in [0.717, 1.165) is 11.1 Å². The van der Waals surface area contributed by atoms with Crippen LogP contribution in [0.15, 0.2) is 103 Å². The number of ether oxygens (including phenoxy) is 2. The van der Waals surface area contributed by atoms with Gasteiger partial charge in [0.25, 0.3) is 11.7 Å². The highest BCUT2D eigenvalue weighted by atomic mass is 16.5. The number of ketones is 1. The second-order valence-corrected chi connectivity index (χ2v) is 11.2. The van der Waals surface area contributed by atoms with Gasteiger partial charge in [0.05, 0.1) is 18.2 Å². The maximum Gasteiger partial charge on any atom is 0.295 e. The number of amides is 1. The quantitative estimate of drug-likeness (QED) is 0.139. The topological polar surface area (TPSA) is 89.0 Å². The smallest absolute Gasteiger partial charge is 0.295 e. The number of rotatable bonds is 8. The number of benzene rings is 3. The van der Waals surface area contributed by atoms with Crippen molar-refractivity contribution in [1.29, 1.82) is 0 Å². The van der Waals surface area contributed by atoms with Crippen LogP contribution in [-0.2, 0) is 21.5 Å². The van der Waals surface area contributed by atoms with Crippen molar-refractivity contribution in [3.63, 3.8) is 0 Å². The van der Waals surface area contributed by atoms with Crippen molar-refractivity contribution < 1.29 is 24.2 Å². The number of carbonyl (C=O) groups excluding carboxylic acids is 2. The largest absolute Gasteiger partial charge is 0.507 e. The molecular formula is C35H34N2O5. The van der Waals surface area contributed by atoms with Crippen LogP contribution in [-0.4, -0.2) is 33.3 Å². The molecule has 7 heteroatoms. The zero-order valence-electron chi connectivity index (χ0n) is 24.2. The number of aromatic nitrogens is 1. The van der Waals surface area contributed by atoms with E-state index in [1.54, 1.807) is 42.7 Å². The Labute approximate surface area is 246 Å². The lowest BCUT2D eigenvalue weighted by molar-refractivity contribution is -0.140. The predicted octanol–water partition coefficient (Wildman–Crippen LogP) is 7.19. The lowest BCUT2D eigenvalue weighted by Crippen LogP contribution is -2.29. The van der Waals surface area contributed by atoms with Crippen LogP contribution in [0.3, 0.4) is 0 Å². The van der Waals surface area contributed by atoms with Crippen molar-refractivity contribution in [2.45, 2.75) is 45.7 Å². The Bertz CT molecular complexity index is 1620. The third-order valence-electron chi connectivity index (χ3n) is 7.16. The van der Waals surface area contributed by atoms with Gasteiger partial charge in [0.1, 0.15) is 23.0 Å². The number of likely N-dealkylation sites (tertiary alicyclic amines) is 1. The number of pyridine rings is 1. The van der Waals surface area contributed by atoms with Crippen molar-refractivity contribution >= 4 is 17.4 Å². The first-order valence-electron chi connectivity index (χ1n) is 13.9. The Kier molecular flexibility index (Phi) is 8.11. The minimum absolute atomic E-state index is 0.0231. The molecule has 1 saturated heterocycles. The first kappa shape index (κ1) is 28.6. The molecule has 1 aliphatic heterocycles. The molecule has 1 fully saturated rings. The van der Waals surface area contributed by atoms with E-state index in [1.807, 2.05) is 61.5 Å². The van der Waals surface area contributed by atoms with E-state index in [2.05, 4.69) is 25.8 Å². The second-order valence-electron chi connectivity index (χ2n) is 11.2. The molecule has 1 aliphatic rings. The van der Waals surface area contributed by atoms with Crippen LogP contribution in [0.2, 0.25) is 0 Å². The fourth-order valence-electron chi connectivity index (χ4n) is 5.15. The lowest BCUT2D eigenvalue weighted by atomic mass is 9.84. The zero-order valence-corrected chi connectivity index (χ0v) is 24.2. The summed E-state index contributed by atoms with van der Waals surface area (Å²) >= 11 is 0. The average molecular weight is 563 g/mol. The van der Waals surface area contributed by atoms with Crippen LogP contribution in [0, 0.1) is 0 Å². The fraction of sp³-hybridized carbons (Fsp3) is 0.229. The maximum absolute atomic E-state index is 13.7. The highest BCUT2D eigenvalue weighted by Crippen LogP contribution is 2.42. The summed E-state index contributed by atoms with van der Waals surface area (Å²) in [6, 6.07) is 24.7. The van der Waals surface area contributed by atoms with Gasteiger partial charge in [0.2, 0.25) is 0 Å². The van der Waals surface area contributed by atoms with Crippen LogP contribution in [0.5, 0.6) is 17.2 Å². The monoisotopic (exact) mass is 562 g/mol. The summed E-state index contributed by atoms with van der Waals surface area (Å²) in [5.74, 6) is 0.247. The van der Waals surface area contributed by atoms with Crippen LogP contribution < -0.4 is 9.47 Å². The summed E-state index contributed by atoms with van der Waals surface area (Å²) in [6.45, 7) is 8.74. The van der Waals surface area contributed by atoms with E-state index >= 15 is 0 Å².